The Hall–Kier alpha value is -3.72. The Labute approximate surface area is 208 Å². The maximum atomic E-state index is 13.7. The van der Waals surface area contributed by atoms with Gasteiger partial charge in [0.25, 0.3) is 12.9 Å². The molecule has 2 aromatic rings. The van der Waals surface area contributed by atoms with E-state index in [0.717, 1.165) is 0 Å². The third-order valence-electron chi connectivity index (χ3n) is 5.43. The quantitative estimate of drug-likeness (QED) is 0.374. The van der Waals surface area contributed by atoms with Crippen molar-refractivity contribution in [2.24, 2.45) is 5.73 Å². The third-order valence-corrected chi connectivity index (χ3v) is 5.82. The van der Waals surface area contributed by atoms with Gasteiger partial charge in [0.15, 0.2) is 0 Å². The van der Waals surface area contributed by atoms with Crippen molar-refractivity contribution in [3.8, 4) is 11.8 Å². The maximum Gasteiger partial charge on any atom is 0.338 e. The van der Waals surface area contributed by atoms with Crippen LogP contribution in [0.4, 0.5) is 17.6 Å². The van der Waals surface area contributed by atoms with Gasteiger partial charge in [-0.25, -0.2) is 22.4 Å². The number of methoxy groups -OCH3 is 1. The van der Waals surface area contributed by atoms with Gasteiger partial charge in [-0.3, -0.25) is 4.68 Å². The van der Waals surface area contributed by atoms with Crippen molar-refractivity contribution in [2.75, 3.05) is 13.7 Å². The topological polar surface area (TPSA) is 112 Å². The maximum absolute atomic E-state index is 13.7. The summed E-state index contributed by atoms with van der Waals surface area (Å²) in [4.78, 5) is 12.7. The number of benzene rings is 1. The van der Waals surface area contributed by atoms with Gasteiger partial charge in [-0.05, 0) is 31.5 Å². The molecule has 0 bridgehead atoms. The Kier molecular flexibility index (Phi) is 8.14. The summed E-state index contributed by atoms with van der Waals surface area (Å²) < 4.78 is 70.4. The van der Waals surface area contributed by atoms with Crippen molar-refractivity contribution in [1.82, 2.24) is 9.78 Å². The summed E-state index contributed by atoms with van der Waals surface area (Å²) in [5.41, 5.74) is 4.58. The predicted molar refractivity (Wildman–Crippen MR) is 119 cm³/mol. The highest BCUT2D eigenvalue weighted by Gasteiger charge is 2.37. The Morgan fingerprint density at radius 2 is 2.03 bits per heavy atom. The molecule has 0 saturated heterocycles. The molecule has 0 saturated carbocycles. The van der Waals surface area contributed by atoms with E-state index in [0.29, 0.717) is 10.2 Å². The summed E-state index contributed by atoms with van der Waals surface area (Å²) in [7, 11) is 1.33. The second-order valence-corrected chi connectivity index (χ2v) is 7.91. The standard InChI is InChI=1S/C23H21ClF4N4O4/c1-4-35-23(33)15-10(2)36-22(30)13(8-29)16(15)11-5-6-14(34-3)12(7-11)9-32-19(21(27)28)17(24)18(31-32)20(25)26/h5-7,16,20-21H,4,9,30H2,1-3H3. The molecular formula is C23H21ClF4N4O4. The van der Waals surface area contributed by atoms with Gasteiger partial charge in [0.1, 0.15) is 34.5 Å². The summed E-state index contributed by atoms with van der Waals surface area (Å²) >= 11 is 5.76. The molecule has 1 aliphatic rings. The Morgan fingerprint density at radius 3 is 2.58 bits per heavy atom. The third kappa shape index (κ3) is 4.97. The minimum absolute atomic E-state index is 0.0223. The first-order valence-electron chi connectivity index (χ1n) is 10.5. The number of halogens is 5. The van der Waals surface area contributed by atoms with Gasteiger partial charge in [0.2, 0.25) is 5.88 Å². The molecule has 2 N–H and O–H groups in total. The number of hydrogen-bond acceptors (Lipinski definition) is 7. The molecule has 1 aromatic heterocycles. The second kappa shape index (κ2) is 10.9. The van der Waals surface area contributed by atoms with E-state index in [4.69, 9.17) is 31.5 Å². The fourth-order valence-electron chi connectivity index (χ4n) is 3.89. The van der Waals surface area contributed by atoms with Gasteiger partial charge >= 0.3 is 5.97 Å². The molecule has 1 atom stereocenters. The molecule has 0 amide bonds. The Bertz CT molecular complexity index is 1280. The van der Waals surface area contributed by atoms with E-state index in [1.54, 1.807) is 13.0 Å². The fraction of sp³-hybridized carbons (Fsp3) is 0.348. The van der Waals surface area contributed by atoms with Crippen molar-refractivity contribution >= 4 is 17.6 Å². The van der Waals surface area contributed by atoms with Gasteiger partial charge < -0.3 is 19.9 Å². The summed E-state index contributed by atoms with van der Waals surface area (Å²) in [6.07, 6.45) is -6.35. The predicted octanol–water partition coefficient (Wildman–Crippen LogP) is 5.11. The van der Waals surface area contributed by atoms with Gasteiger partial charge in [0, 0.05) is 5.56 Å². The lowest BCUT2D eigenvalue weighted by Crippen LogP contribution is -2.25. The summed E-state index contributed by atoms with van der Waals surface area (Å²) in [6, 6.07) is 6.43. The van der Waals surface area contributed by atoms with Crippen LogP contribution in [0.25, 0.3) is 0 Å². The van der Waals surface area contributed by atoms with E-state index in [1.165, 1.54) is 26.2 Å². The molecule has 0 fully saturated rings. The smallest absolute Gasteiger partial charge is 0.338 e. The number of hydrogen-bond donors (Lipinski definition) is 1. The number of carbonyl (C=O) groups excluding carboxylic acids is 1. The van der Waals surface area contributed by atoms with Gasteiger partial charge in [-0.15, -0.1) is 0 Å². The molecule has 1 unspecified atom stereocenters. The molecule has 36 heavy (non-hydrogen) atoms. The van der Waals surface area contributed by atoms with Crippen LogP contribution in [0.1, 0.15) is 55.1 Å². The Morgan fingerprint density at radius 1 is 1.33 bits per heavy atom. The number of alkyl halides is 4. The number of nitrogens with two attached hydrogens (primary N) is 1. The number of ether oxygens (including phenoxy) is 3. The summed E-state index contributed by atoms with van der Waals surface area (Å²) in [6.45, 7) is 2.72. The summed E-state index contributed by atoms with van der Waals surface area (Å²) in [5, 5.41) is 12.5. The highest BCUT2D eigenvalue weighted by atomic mass is 35.5. The normalized spacial score (nSPS) is 15.9. The number of nitriles is 1. The van der Waals surface area contributed by atoms with Crippen molar-refractivity contribution in [3.05, 3.63) is 68.5 Å². The van der Waals surface area contributed by atoms with Crippen LogP contribution in [-0.4, -0.2) is 29.5 Å². The second-order valence-electron chi connectivity index (χ2n) is 7.53. The molecule has 0 aliphatic carbocycles. The van der Waals surface area contributed by atoms with Crippen molar-refractivity contribution in [1.29, 1.82) is 5.26 Å². The minimum Gasteiger partial charge on any atom is -0.496 e. The zero-order valence-electron chi connectivity index (χ0n) is 19.3. The molecule has 0 radical (unpaired) electrons. The number of carbonyl (C=O) groups is 1. The van der Waals surface area contributed by atoms with E-state index in [1.807, 2.05) is 6.07 Å². The number of nitrogens with zero attached hydrogens (tertiary/aromatic N) is 3. The van der Waals surface area contributed by atoms with Crippen LogP contribution < -0.4 is 10.5 Å². The molecule has 8 nitrogen and oxygen atoms in total. The van der Waals surface area contributed by atoms with E-state index in [9.17, 15) is 27.6 Å². The number of aromatic nitrogens is 2. The van der Waals surface area contributed by atoms with Gasteiger partial charge in [0.05, 0.1) is 36.8 Å². The lowest BCUT2D eigenvalue weighted by atomic mass is 9.82. The molecule has 192 valence electrons. The van der Waals surface area contributed by atoms with Gasteiger partial charge in [-0.2, -0.15) is 10.4 Å². The number of esters is 1. The fourth-order valence-corrected chi connectivity index (χ4v) is 4.19. The minimum atomic E-state index is -3.18. The van der Waals surface area contributed by atoms with Crippen LogP contribution in [0.3, 0.4) is 0 Å². The van der Waals surface area contributed by atoms with Crippen LogP contribution in [0.15, 0.2) is 41.0 Å². The van der Waals surface area contributed by atoms with E-state index >= 15 is 0 Å². The monoisotopic (exact) mass is 528 g/mol. The number of allylic oxidation sites excluding steroid dienone is 2. The molecule has 1 aliphatic heterocycles. The van der Waals surface area contributed by atoms with Crippen LogP contribution in [0.5, 0.6) is 5.75 Å². The number of rotatable bonds is 8. The zero-order valence-corrected chi connectivity index (χ0v) is 20.1. The first-order chi connectivity index (χ1) is 17.0. The molecule has 13 heteroatoms. The largest absolute Gasteiger partial charge is 0.496 e. The van der Waals surface area contributed by atoms with Crippen molar-refractivity contribution < 1.29 is 36.6 Å². The van der Waals surface area contributed by atoms with E-state index in [-0.39, 0.29) is 40.7 Å². The highest BCUT2D eigenvalue weighted by Crippen LogP contribution is 2.41. The van der Waals surface area contributed by atoms with Crippen molar-refractivity contribution in [2.45, 2.75) is 39.2 Å². The lowest BCUT2D eigenvalue weighted by molar-refractivity contribution is -0.139. The van der Waals surface area contributed by atoms with Crippen LogP contribution in [0.2, 0.25) is 5.02 Å². The first-order valence-corrected chi connectivity index (χ1v) is 10.9. The first kappa shape index (κ1) is 26.9. The van der Waals surface area contributed by atoms with Crippen molar-refractivity contribution in [3.63, 3.8) is 0 Å². The van der Waals surface area contributed by atoms with E-state index in [2.05, 4.69) is 5.10 Å². The summed E-state index contributed by atoms with van der Waals surface area (Å²) in [5.74, 6) is -1.64. The SMILES string of the molecule is CCOC(=O)C1=C(C)OC(N)=C(C#N)C1c1ccc(OC)c(Cn2nc(C(F)F)c(Cl)c2C(F)F)c1. The average molecular weight is 529 g/mol. The van der Waals surface area contributed by atoms with Crippen LogP contribution in [-0.2, 0) is 20.8 Å². The Balaban J connectivity index is 2.17. The van der Waals surface area contributed by atoms with E-state index < -0.39 is 47.7 Å². The van der Waals surface area contributed by atoms with Gasteiger partial charge in [-0.1, -0.05) is 17.7 Å². The molecule has 3 rings (SSSR count). The molecule has 1 aromatic carbocycles. The molecule has 2 heterocycles. The molecular weight excluding hydrogens is 508 g/mol. The molecule has 0 spiro atoms. The van der Waals surface area contributed by atoms with Crippen LogP contribution >= 0.6 is 11.6 Å². The average Bonchev–Trinajstić information content (AvgIpc) is 3.14. The lowest BCUT2D eigenvalue weighted by Gasteiger charge is -2.27. The van der Waals surface area contributed by atoms with Crippen LogP contribution in [0, 0.1) is 11.3 Å². The zero-order chi connectivity index (χ0) is 26.7. The highest BCUT2D eigenvalue weighted by molar-refractivity contribution is 6.32.